The number of piperidine rings is 1. The molecule has 0 saturated carbocycles. The van der Waals surface area contributed by atoms with E-state index in [0.29, 0.717) is 25.9 Å². The van der Waals surface area contributed by atoms with Crippen molar-refractivity contribution in [2.75, 3.05) is 18.8 Å². The van der Waals surface area contributed by atoms with Crippen molar-refractivity contribution in [2.45, 2.75) is 53.5 Å². The summed E-state index contributed by atoms with van der Waals surface area (Å²) in [6.45, 7) is 10.8. The van der Waals surface area contributed by atoms with E-state index in [0.717, 1.165) is 5.56 Å². The highest BCUT2D eigenvalue weighted by atomic mass is 32.2. The molecular formula is C19H30N2O3S. The fraction of sp³-hybridized carbons (Fsp3) is 0.632. The molecule has 2 rings (SSSR count). The molecule has 1 aromatic rings. The van der Waals surface area contributed by atoms with Gasteiger partial charge in [0.25, 0.3) is 0 Å². The third kappa shape index (κ3) is 4.61. The molecule has 1 atom stereocenters. The lowest BCUT2D eigenvalue weighted by atomic mass is 9.94. The Morgan fingerprint density at radius 1 is 1.16 bits per heavy atom. The van der Waals surface area contributed by atoms with Gasteiger partial charge < -0.3 is 5.32 Å². The van der Waals surface area contributed by atoms with Crippen LogP contribution in [0.4, 0.5) is 0 Å². The minimum atomic E-state index is -3.15. The summed E-state index contributed by atoms with van der Waals surface area (Å²) in [6, 6.07) is 4.25. The van der Waals surface area contributed by atoms with Crippen LogP contribution in [0.25, 0.3) is 0 Å². The molecule has 1 saturated heterocycles. The highest BCUT2D eigenvalue weighted by molar-refractivity contribution is 7.89. The summed E-state index contributed by atoms with van der Waals surface area (Å²) in [5, 5.41) is 3.11. The van der Waals surface area contributed by atoms with Gasteiger partial charge in [-0.15, -0.1) is 0 Å². The Balaban J connectivity index is 1.98. The molecule has 1 aliphatic heterocycles. The maximum atomic E-state index is 12.6. The van der Waals surface area contributed by atoms with Gasteiger partial charge in [0.05, 0.1) is 11.8 Å². The van der Waals surface area contributed by atoms with E-state index in [-0.39, 0.29) is 23.6 Å². The Hall–Kier alpha value is -1.40. The van der Waals surface area contributed by atoms with Crippen LogP contribution in [0, 0.1) is 26.7 Å². The number of nitrogens with zero attached hydrogens (tertiary/aromatic N) is 1. The fourth-order valence-electron chi connectivity index (χ4n) is 3.44. The molecule has 0 radical (unpaired) electrons. The van der Waals surface area contributed by atoms with Gasteiger partial charge in [0.1, 0.15) is 0 Å². The average Bonchev–Trinajstić information content (AvgIpc) is 2.58. The smallest absolute Gasteiger partial charge is 0.223 e. The third-order valence-corrected chi connectivity index (χ3v) is 7.17. The molecule has 0 bridgehead atoms. The Morgan fingerprint density at radius 2 is 1.72 bits per heavy atom. The van der Waals surface area contributed by atoms with Crippen molar-refractivity contribution in [1.82, 2.24) is 9.62 Å². The minimum absolute atomic E-state index is 0.0266. The zero-order valence-electron chi connectivity index (χ0n) is 15.9. The number of nitrogens with one attached hydrogen (secondary N) is 1. The maximum absolute atomic E-state index is 12.6. The topological polar surface area (TPSA) is 66.5 Å². The maximum Gasteiger partial charge on any atom is 0.223 e. The van der Waals surface area contributed by atoms with Crippen LogP contribution in [-0.4, -0.2) is 37.5 Å². The molecule has 0 unspecified atom stereocenters. The van der Waals surface area contributed by atoms with E-state index >= 15 is 0 Å². The summed E-state index contributed by atoms with van der Waals surface area (Å²) in [7, 11) is -3.15. The Morgan fingerprint density at radius 3 is 2.28 bits per heavy atom. The summed E-state index contributed by atoms with van der Waals surface area (Å²) in [5.41, 5.74) is 4.80. The van der Waals surface area contributed by atoms with Crippen molar-refractivity contribution in [1.29, 1.82) is 0 Å². The molecule has 25 heavy (non-hydrogen) atoms. The standard InChI is InChI=1S/C19H30N2O3S/c1-6-25(23,24)21-9-7-17(8-10-21)19(22)20-16(5)18-12-14(3)13(2)11-15(18)4/h11-12,16-17H,6-10H2,1-5H3,(H,20,22)/t16-/m0/s1. The number of carbonyl (C=O) groups excluding carboxylic acids is 1. The van der Waals surface area contributed by atoms with E-state index in [1.165, 1.54) is 21.0 Å². The second-order valence-electron chi connectivity index (χ2n) is 7.10. The Labute approximate surface area is 151 Å². The number of rotatable bonds is 5. The van der Waals surface area contributed by atoms with Crippen molar-refractivity contribution >= 4 is 15.9 Å². The highest BCUT2D eigenvalue weighted by Crippen LogP contribution is 2.24. The zero-order valence-corrected chi connectivity index (χ0v) is 16.7. The molecule has 5 nitrogen and oxygen atoms in total. The number of sulfonamides is 1. The number of amides is 1. The fourth-order valence-corrected chi connectivity index (χ4v) is 4.57. The predicted octanol–water partition coefficient (Wildman–Crippen LogP) is 2.85. The Bertz CT molecular complexity index is 735. The second kappa shape index (κ2) is 7.87. The summed E-state index contributed by atoms with van der Waals surface area (Å²) in [5.74, 6) is 0.0312. The van der Waals surface area contributed by atoms with Gasteiger partial charge in [0.15, 0.2) is 0 Å². The van der Waals surface area contributed by atoms with Crippen molar-refractivity contribution in [3.8, 4) is 0 Å². The monoisotopic (exact) mass is 366 g/mol. The molecule has 1 N–H and O–H groups in total. The van der Waals surface area contributed by atoms with Crippen LogP contribution < -0.4 is 5.32 Å². The average molecular weight is 367 g/mol. The van der Waals surface area contributed by atoms with Gasteiger partial charge >= 0.3 is 0 Å². The summed E-state index contributed by atoms with van der Waals surface area (Å²) in [6.07, 6.45) is 1.17. The lowest BCUT2D eigenvalue weighted by Crippen LogP contribution is -2.43. The number of benzene rings is 1. The van der Waals surface area contributed by atoms with Crippen LogP contribution in [0.15, 0.2) is 12.1 Å². The lowest BCUT2D eigenvalue weighted by molar-refractivity contribution is -0.126. The number of carbonyl (C=O) groups is 1. The van der Waals surface area contributed by atoms with Gasteiger partial charge in [-0.25, -0.2) is 12.7 Å². The zero-order chi connectivity index (χ0) is 18.8. The molecule has 0 spiro atoms. The van der Waals surface area contributed by atoms with Crippen molar-refractivity contribution < 1.29 is 13.2 Å². The van der Waals surface area contributed by atoms with Gasteiger partial charge in [0.2, 0.25) is 15.9 Å². The van der Waals surface area contributed by atoms with Crippen molar-refractivity contribution in [2.24, 2.45) is 5.92 Å². The summed E-state index contributed by atoms with van der Waals surface area (Å²) in [4.78, 5) is 12.6. The van der Waals surface area contributed by atoms with E-state index in [4.69, 9.17) is 0 Å². The van der Waals surface area contributed by atoms with E-state index < -0.39 is 10.0 Å². The molecule has 1 heterocycles. The first-order valence-corrected chi connectivity index (χ1v) is 10.6. The van der Waals surface area contributed by atoms with Gasteiger partial charge in [-0.05, 0) is 69.7 Å². The van der Waals surface area contributed by atoms with Crippen LogP contribution in [0.2, 0.25) is 0 Å². The normalized spacial score (nSPS) is 18.1. The van der Waals surface area contributed by atoms with Crippen molar-refractivity contribution in [3.63, 3.8) is 0 Å². The largest absolute Gasteiger partial charge is 0.349 e. The molecule has 1 amide bonds. The molecule has 140 valence electrons. The Kier molecular flexibility index (Phi) is 6.27. The van der Waals surface area contributed by atoms with Crippen LogP contribution in [0.3, 0.4) is 0 Å². The first-order chi connectivity index (χ1) is 11.7. The first-order valence-electron chi connectivity index (χ1n) is 9.01. The predicted molar refractivity (Wildman–Crippen MR) is 101 cm³/mol. The summed E-state index contributed by atoms with van der Waals surface area (Å²) >= 11 is 0. The van der Waals surface area contributed by atoms with E-state index in [1.807, 2.05) is 6.92 Å². The van der Waals surface area contributed by atoms with Crippen molar-refractivity contribution in [3.05, 3.63) is 34.4 Å². The molecule has 6 heteroatoms. The highest BCUT2D eigenvalue weighted by Gasteiger charge is 2.30. The SMILES string of the molecule is CCS(=O)(=O)N1CCC(C(=O)N[C@@H](C)c2cc(C)c(C)cc2C)CC1. The lowest BCUT2D eigenvalue weighted by Gasteiger charge is -2.31. The molecule has 0 aromatic heterocycles. The van der Waals surface area contributed by atoms with E-state index in [1.54, 1.807) is 6.92 Å². The van der Waals surface area contributed by atoms with E-state index in [9.17, 15) is 13.2 Å². The number of hydrogen-bond acceptors (Lipinski definition) is 3. The molecule has 1 fully saturated rings. The molecule has 1 aliphatic rings. The quantitative estimate of drug-likeness (QED) is 0.871. The van der Waals surface area contributed by atoms with Gasteiger partial charge in [0, 0.05) is 19.0 Å². The van der Waals surface area contributed by atoms with Crippen LogP contribution in [0.5, 0.6) is 0 Å². The molecule has 1 aromatic carbocycles. The number of aryl methyl sites for hydroxylation is 3. The van der Waals surface area contributed by atoms with Crippen LogP contribution >= 0.6 is 0 Å². The van der Waals surface area contributed by atoms with Gasteiger partial charge in [-0.3, -0.25) is 4.79 Å². The summed E-state index contributed by atoms with van der Waals surface area (Å²) < 4.78 is 25.3. The molecular weight excluding hydrogens is 336 g/mol. The van der Waals surface area contributed by atoms with Gasteiger partial charge in [-0.1, -0.05) is 12.1 Å². The van der Waals surface area contributed by atoms with Crippen LogP contribution in [0.1, 0.15) is 55.0 Å². The molecule has 0 aliphatic carbocycles. The number of hydrogen-bond donors (Lipinski definition) is 1. The van der Waals surface area contributed by atoms with Crippen LogP contribution in [-0.2, 0) is 14.8 Å². The second-order valence-corrected chi connectivity index (χ2v) is 9.35. The van der Waals surface area contributed by atoms with E-state index in [2.05, 4.69) is 38.2 Å². The third-order valence-electron chi connectivity index (χ3n) is 5.29. The minimum Gasteiger partial charge on any atom is -0.349 e. The first kappa shape index (κ1) is 19.9. The van der Waals surface area contributed by atoms with Gasteiger partial charge in [-0.2, -0.15) is 0 Å².